The maximum atomic E-state index is 11.6. The van der Waals surface area contributed by atoms with Crippen LogP contribution >= 0.6 is 0 Å². The standard InChI is InChI=1S/C7H5F3O2/c8-7(9,10)4-5(11)6-2-1-3-12-6/h1-3H,4H2. The minimum absolute atomic E-state index is 0.257. The van der Waals surface area contributed by atoms with E-state index >= 15 is 0 Å². The second-order valence-electron chi connectivity index (χ2n) is 2.19. The van der Waals surface area contributed by atoms with Crippen molar-refractivity contribution in [3.63, 3.8) is 0 Å². The summed E-state index contributed by atoms with van der Waals surface area (Å²) in [5.74, 6) is -1.31. The molecule has 0 unspecified atom stereocenters. The first kappa shape index (κ1) is 8.83. The maximum absolute atomic E-state index is 11.6. The largest absolute Gasteiger partial charge is 0.461 e. The fraction of sp³-hybridized carbons (Fsp3) is 0.286. The van der Waals surface area contributed by atoms with Crippen molar-refractivity contribution in [2.45, 2.75) is 12.6 Å². The van der Waals surface area contributed by atoms with Crippen molar-refractivity contribution in [1.29, 1.82) is 0 Å². The summed E-state index contributed by atoms with van der Waals surface area (Å²) < 4.78 is 39.4. The van der Waals surface area contributed by atoms with E-state index in [1.807, 2.05) is 0 Å². The number of halogens is 3. The first-order valence-electron chi connectivity index (χ1n) is 3.12. The van der Waals surface area contributed by atoms with Crippen LogP contribution in [0.15, 0.2) is 22.8 Å². The van der Waals surface area contributed by atoms with Crippen LogP contribution in [-0.4, -0.2) is 12.0 Å². The summed E-state index contributed by atoms with van der Waals surface area (Å²) >= 11 is 0. The molecule has 0 fully saturated rings. The Morgan fingerprint density at radius 3 is 2.58 bits per heavy atom. The van der Waals surface area contributed by atoms with Crippen molar-refractivity contribution in [1.82, 2.24) is 0 Å². The highest BCUT2D eigenvalue weighted by molar-refractivity contribution is 5.93. The molecule has 0 aliphatic rings. The van der Waals surface area contributed by atoms with Crippen LogP contribution in [0.4, 0.5) is 13.2 Å². The second kappa shape index (κ2) is 3.00. The van der Waals surface area contributed by atoms with Gasteiger partial charge in [0, 0.05) is 0 Å². The normalized spacial score (nSPS) is 11.6. The summed E-state index contributed by atoms with van der Waals surface area (Å²) in [6.07, 6.45) is -4.78. The van der Waals surface area contributed by atoms with Gasteiger partial charge in [0.2, 0.25) is 5.78 Å². The van der Waals surface area contributed by atoms with Crippen LogP contribution < -0.4 is 0 Å². The zero-order chi connectivity index (χ0) is 9.19. The predicted molar refractivity (Wildman–Crippen MR) is 33.7 cm³/mol. The lowest BCUT2D eigenvalue weighted by molar-refractivity contribution is -0.125. The summed E-state index contributed by atoms with van der Waals surface area (Å²) in [6, 6.07) is 2.57. The Morgan fingerprint density at radius 1 is 1.50 bits per heavy atom. The Bertz CT molecular complexity index is 261. The van der Waals surface area contributed by atoms with Crippen LogP contribution in [0.5, 0.6) is 0 Å². The average molecular weight is 178 g/mol. The van der Waals surface area contributed by atoms with E-state index in [0.717, 1.165) is 6.26 Å². The fourth-order valence-electron chi connectivity index (χ4n) is 0.706. The van der Waals surface area contributed by atoms with Gasteiger partial charge >= 0.3 is 6.18 Å². The zero-order valence-electron chi connectivity index (χ0n) is 5.89. The lowest BCUT2D eigenvalue weighted by Gasteiger charge is -2.02. The van der Waals surface area contributed by atoms with Crippen molar-refractivity contribution >= 4 is 5.78 Å². The molecule has 0 aliphatic carbocycles. The molecular formula is C7H5F3O2. The Kier molecular flexibility index (Phi) is 2.21. The molecule has 1 aromatic rings. The number of Topliss-reactive ketones (excluding diaryl/α,β-unsaturated/α-hetero) is 1. The third kappa shape index (κ3) is 2.41. The van der Waals surface area contributed by atoms with E-state index in [1.54, 1.807) is 0 Å². The predicted octanol–water partition coefficient (Wildman–Crippen LogP) is 2.41. The molecule has 0 N–H and O–H groups in total. The second-order valence-corrected chi connectivity index (χ2v) is 2.19. The molecule has 12 heavy (non-hydrogen) atoms. The summed E-state index contributed by atoms with van der Waals surface area (Å²) in [4.78, 5) is 10.7. The van der Waals surface area contributed by atoms with Crippen LogP contribution in [0.2, 0.25) is 0 Å². The molecule has 1 heterocycles. The van der Waals surface area contributed by atoms with Crippen LogP contribution in [0.3, 0.4) is 0 Å². The number of furan rings is 1. The van der Waals surface area contributed by atoms with Gasteiger partial charge in [-0.05, 0) is 12.1 Å². The van der Waals surface area contributed by atoms with Gasteiger partial charge in [0.05, 0.1) is 6.26 Å². The number of rotatable bonds is 2. The minimum Gasteiger partial charge on any atom is -0.461 e. The van der Waals surface area contributed by atoms with Gasteiger partial charge in [-0.1, -0.05) is 0 Å². The molecule has 0 spiro atoms. The number of hydrogen-bond donors (Lipinski definition) is 0. The Hall–Kier alpha value is -1.26. The van der Waals surface area contributed by atoms with Gasteiger partial charge in [-0.2, -0.15) is 13.2 Å². The highest BCUT2D eigenvalue weighted by atomic mass is 19.4. The Balaban J connectivity index is 2.63. The van der Waals surface area contributed by atoms with E-state index < -0.39 is 18.4 Å². The highest BCUT2D eigenvalue weighted by Crippen LogP contribution is 2.22. The van der Waals surface area contributed by atoms with E-state index in [0.29, 0.717) is 0 Å². The van der Waals surface area contributed by atoms with Crippen LogP contribution in [-0.2, 0) is 0 Å². The molecule has 0 saturated carbocycles. The monoisotopic (exact) mass is 178 g/mol. The summed E-state index contributed by atoms with van der Waals surface area (Å²) in [5.41, 5.74) is 0. The molecular weight excluding hydrogens is 173 g/mol. The van der Waals surface area contributed by atoms with Crippen LogP contribution in [0, 0.1) is 0 Å². The molecule has 66 valence electrons. The summed E-state index contributed by atoms with van der Waals surface area (Å²) in [7, 11) is 0. The molecule has 1 aromatic heterocycles. The van der Waals surface area contributed by atoms with E-state index in [1.165, 1.54) is 12.1 Å². The van der Waals surface area contributed by atoms with Crippen molar-refractivity contribution < 1.29 is 22.4 Å². The first-order chi connectivity index (χ1) is 5.49. The molecule has 5 heteroatoms. The molecule has 0 bridgehead atoms. The number of ketones is 1. The first-order valence-corrected chi connectivity index (χ1v) is 3.12. The van der Waals surface area contributed by atoms with Gasteiger partial charge in [0.15, 0.2) is 5.76 Å². The molecule has 0 amide bonds. The van der Waals surface area contributed by atoms with Crippen LogP contribution in [0.1, 0.15) is 17.0 Å². The lowest BCUT2D eigenvalue weighted by atomic mass is 10.2. The zero-order valence-corrected chi connectivity index (χ0v) is 5.89. The Labute approximate surface area is 66.0 Å². The quantitative estimate of drug-likeness (QED) is 0.651. The molecule has 2 nitrogen and oxygen atoms in total. The highest BCUT2D eigenvalue weighted by Gasteiger charge is 2.32. The minimum atomic E-state index is -4.47. The molecule has 0 aliphatic heterocycles. The smallest absolute Gasteiger partial charge is 0.396 e. The van der Waals surface area contributed by atoms with E-state index in [2.05, 4.69) is 4.42 Å². The van der Waals surface area contributed by atoms with E-state index in [9.17, 15) is 18.0 Å². The molecule has 0 saturated heterocycles. The van der Waals surface area contributed by atoms with Gasteiger partial charge in [-0.15, -0.1) is 0 Å². The van der Waals surface area contributed by atoms with Gasteiger partial charge in [0.1, 0.15) is 6.42 Å². The molecule has 0 radical (unpaired) electrons. The van der Waals surface area contributed by atoms with Gasteiger partial charge in [0.25, 0.3) is 0 Å². The van der Waals surface area contributed by atoms with Crippen molar-refractivity contribution in [2.24, 2.45) is 0 Å². The fourth-order valence-corrected chi connectivity index (χ4v) is 0.706. The number of carbonyl (C=O) groups is 1. The van der Waals surface area contributed by atoms with Crippen molar-refractivity contribution in [2.75, 3.05) is 0 Å². The maximum Gasteiger partial charge on any atom is 0.396 e. The SMILES string of the molecule is O=C(CC(F)(F)F)c1ccco1. The van der Waals surface area contributed by atoms with Crippen LogP contribution in [0.25, 0.3) is 0 Å². The topological polar surface area (TPSA) is 30.2 Å². The van der Waals surface area contributed by atoms with Gasteiger partial charge < -0.3 is 4.42 Å². The number of alkyl halides is 3. The lowest BCUT2D eigenvalue weighted by Crippen LogP contribution is -2.14. The summed E-state index contributed by atoms with van der Waals surface area (Å²) in [6.45, 7) is 0. The summed E-state index contributed by atoms with van der Waals surface area (Å²) in [5, 5.41) is 0. The van der Waals surface area contributed by atoms with E-state index in [-0.39, 0.29) is 5.76 Å². The molecule has 0 aromatic carbocycles. The van der Waals surface area contributed by atoms with Crippen molar-refractivity contribution in [3.05, 3.63) is 24.2 Å². The molecule has 1 rings (SSSR count). The third-order valence-corrected chi connectivity index (χ3v) is 1.16. The third-order valence-electron chi connectivity index (χ3n) is 1.16. The average Bonchev–Trinajstić information content (AvgIpc) is 2.32. The van der Waals surface area contributed by atoms with Gasteiger partial charge in [-0.25, -0.2) is 0 Å². The number of carbonyl (C=O) groups excluding carboxylic acids is 1. The van der Waals surface area contributed by atoms with Gasteiger partial charge in [-0.3, -0.25) is 4.79 Å². The van der Waals surface area contributed by atoms with E-state index in [4.69, 9.17) is 0 Å². The number of hydrogen-bond acceptors (Lipinski definition) is 2. The molecule has 0 atom stereocenters. The Morgan fingerprint density at radius 2 is 2.17 bits per heavy atom. The van der Waals surface area contributed by atoms with Crippen molar-refractivity contribution in [3.8, 4) is 0 Å².